The lowest BCUT2D eigenvalue weighted by molar-refractivity contribution is 0.0699. The van der Waals surface area contributed by atoms with Crippen LogP contribution in [0.15, 0.2) is 57.7 Å². The Labute approximate surface area is 151 Å². The third kappa shape index (κ3) is 2.77. The summed E-state index contributed by atoms with van der Waals surface area (Å²) >= 11 is 6.95. The van der Waals surface area contributed by atoms with Crippen LogP contribution in [0.3, 0.4) is 0 Å². The lowest BCUT2D eigenvalue weighted by Gasteiger charge is -2.35. The maximum Gasteiger partial charge on any atom is 0.254 e. The first-order valence-corrected chi connectivity index (χ1v) is 9.95. The molecule has 0 bridgehead atoms. The summed E-state index contributed by atoms with van der Waals surface area (Å²) in [6, 6.07) is 14.0. The summed E-state index contributed by atoms with van der Waals surface area (Å²) < 4.78 is 0.989. The molecule has 1 aliphatic heterocycles. The minimum Gasteiger partial charge on any atom is -0.326 e. The fourth-order valence-corrected chi connectivity index (χ4v) is 5.07. The van der Waals surface area contributed by atoms with Crippen LogP contribution in [0.5, 0.6) is 0 Å². The van der Waals surface area contributed by atoms with E-state index in [1.807, 2.05) is 29.2 Å². The molecule has 1 amide bonds. The van der Waals surface area contributed by atoms with Gasteiger partial charge in [0.15, 0.2) is 0 Å². The van der Waals surface area contributed by atoms with Crippen molar-refractivity contribution in [3.05, 3.63) is 78.6 Å². The highest BCUT2D eigenvalue weighted by Gasteiger charge is 2.33. The smallest absolute Gasteiger partial charge is 0.254 e. The summed E-state index contributed by atoms with van der Waals surface area (Å²) in [5.41, 5.74) is 2.03. The lowest BCUT2D eigenvalue weighted by atomic mass is 9.97. The van der Waals surface area contributed by atoms with Gasteiger partial charge in [0, 0.05) is 26.3 Å². The lowest BCUT2D eigenvalue weighted by Crippen LogP contribution is -2.39. The number of benzene rings is 1. The summed E-state index contributed by atoms with van der Waals surface area (Å²) in [7, 11) is 0. The minimum absolute atomic E-state index is 0.0427. The fraction of sp³-hybridized carbons (Fsp3) is 0.167. The van der Waals surface area contributed by atoms with Crippen LogP contribution in [0.25, 0.3) is 0 Å². The van der Waals surface area contributed by atoms with Gasteiger partial charge in [0.1, 0.15) is 0 Å². The van der Waals surface area contributed by atoms with Crippen molar-refractivity contribution in [3.63, 3.8) is 0 Å². The predicted molar refractivity (Wildman–Crippen MR) is 99.4 cm³/mol. The Balaban J connectivity index is 1.75. The third-order valence-corrected chi connectivity index (χ3v) is 6.58. The summed E-state index contributed by atoms with van der Waals surface area (Å²) in [5, 5.41) is 4.22. The molecule has 1 atom stereocenters. The van der Waals surface area contributed by atoms with E-state index < -0.39 is 0 Å². The first-order valence-electron chi connectivity index (χ1n) is 7.40. The standard InChI is InChI=1S/C18H14BrNOS2/c19-13-5-3-12(4-6-13)18(21)20-9-7-15-14(8-11-23-15)17(20)16-2-1-10-22-16/h1-6,8,10-11,17H,7,9H2. The number of fused-ring (bicyclic) bond motifs is 1. The van der Waals surface area contributed by atoms with Crippen molar-refractivity contribution in [1.82, 2.24) is 4.90 Å². The molecular formula is C18H14BrNOS2. The largest absolute Gasteiger partial charge is 0.326 e. The molecule has 2 aromatic heterocycles. The van der Waals surface area contributed by atoms with Crippen molar-refractivity contribution >= 4 is 44.5 Å². The van der Waals surface area contributed by atoms with Gasteiger partial charge >= 0.3 is 0 Å². The van der Waals surface area contributed by atoms with Crippen molar-refractivity contribution in [2.45, 2.75) is 12.5 Å². The van der Waals surface area contributed by atoms with Gasteiger partial charge in [-0.2, -0.15) is 0 Å². The molecule has 4 rings (SSSR count). The zero-order chi connectivity index (χ0) is 15.8. The van der Waals surface area contributed by atoms with Gasteiger partial charge in [0.05, 0.1) is 6.04 Å². The van der Waals surface area contributed by atoms with E-state index in [9.17, 15) is 4.79 Å². The quantitative estimate of drug-likeness (QED) is 0.563. The molecule has 1 unspecified atom stereocenters. The van der Waals surface area contributed by atoms with Crippen LogP contribution in [0, 0.1) is 0 Å². The van der Waals surface area contributed by atoms with Gasteiger partial charge in [-0.05, 0) is 59.1 Å². The third-order valence-electron chi connectivity index (χ3n) is 4.13. The van der Waals surface area contributed by atoms with Crippen LogP contribution in [0.1, 0.15) is 31.7 Å². The number of thiophene rings is 2. The molecule has 2 nitrogen and oxygen atoms in total. The fourth-order valence-electron chi connectivity index (χ4n) is 3.05. The van der Waals surface area contributed by atoms with Gasteiger partial charge < -0.3 is 4.90 Å². The molecule has 0 radical (unpaired) electrons. The number of hydrogen-bond acceptors (Lipinski definition) is 3. The Bertz CT molecular complexity index is 823. The zero-order valence-electron chi connectivity index (χ0n) is 12.2. The number of nitrogens with zero attached hydrogens (tertiary/aromatic N) is 1. The Morgan fingerprint density at radius 3 is 2.65 bits per heavy atom. The van der Waals surface area contributed by atoms with E-state index in [4.69, 9.17) is 0 Å². The Hall–Kier alpha value is -1.43. The maximum absolute atomic E-state index is 13.1. The summed E-state index contributed by atoms with van der Waals surface area (Å²) in [6.07, 6.45) is 0.942. The predicted octanol–water partition coefficient (Wildman–Crippen LogP) is 5.36. The van der Waals surface area contributed by atoms with Crippen molar-refractivity contribution in [1.29, 1.82) is 0 Å². The molecule has 0 spiro atoms. The van der Waals surface area contributed by atoms with Gasteiger partial charge in [0.25, 0.3) is 5.91 Å². The number of amides is 1. The average molecular weight is 404 g/mol. The Kier molecular flexibility index (Phi) is 4.09. The molecule has 116 valence electrons. The van der Waals surface area contributed by atoms with E-state index in [-0.39, 0.29) is 11.9 Å². The second-order valence-corrected chi connectivity index (χ2v) is 8.37. The highest BCUT2D eigenvalue weighted by atomic mass is 79.9. The first kappa shape index (κ1) is 15.1. The number of halogens is 1. The molecule has 0 N–H and O–H groups in total. The average Bonchev–Trinajstić information content (AvgIpc) is 3.25. The van der Waals surface area contributed by atoms with Crippen LogP contribution in [-0.2, 0) is 6.42 Å². The first-order chi connectivity index (χ1) is 11.2. The molecule has 3 heterocycles. The van der Waals surface area contributed by atoms with Gasteiger partial charge in [-0.1, -0.05) is 22.0 Å². The zero-order valence-corrected chi connectivity index (χ0v) is 15.5. The SMILES string of the molecule is O=C(c1ccc(Br)cc1)N1CCc2sccc2C1c1cccs1. The number of rotatable bonds is 2. The van der Waals surface area contributed by atoms with Gasteiger partial charge in [-0.15, -0.1) is 22.7 Å². The second kappa shape index (κ2) is 6.23. The molecule has 0 saturated carbocycles. The van der Waals surface area contributed by atoms with Crippen LogP contribution >= 0.6 is 38.6 Å². The maximum atomic E-state index is 13.1. The normalized spacial score (nSPS) is 17.1. The van der Waals surface area contributed by atoms with E-state index >= 15 is 0 Å². The van der Waals surface area contributed by atoms with Crippen molar-refractivity contribution in [3.8, 4) is 0 Å². The Morgan fingerprint density at radius 2 is 1.91 bits per heavy atom. The number of hydrogen-bond donors (Lipinski definition) is 0. The number of carbonyl (C=O) groups is 1. The highest BCUT2D eigenvalue weighted by molar-refractivity contribution is 9.10. The van der Waals surface area contributed by atoms with Crippen LogP contribution < -0.4 is 0 Å². The molecule has 1 aromatic carbocycles. The second-order valence-electron chi connectivity index (χ2n) is 5.47. The number of carbonyl (C=O) groups excluding carboxylic acids is 1. The molecule has 3 aromatic rings. The van der Waals surface area contributed by atoms with E-state index in [1.165, 1.54) is 15.3 Å². The molecule has 0 fully saturated rings. The van der Waals surface area contributed by atoms with Gasteiger partial charge in [-0.3, -0.25) is 4.79 Å². The van der Waals surface area contributed by atoms with Crippen LogP contribution in [-0.4, -0.2) is 17.4 Å². The van der Waals surface area contributed by atoms with E-state index in [1.54, 1.807) is 22.7 Å². The van der Waals surface area contributed by atoms with Crippen LogP contribution in [0.2, 0.25) is 0 Å². The molecule has 0 aliphatic carbocycles. The van der Waals surface area contributed by atoms with E-state index in [0.29, 0.717) is 0 Å². The van der Waals surface area contributed by atoms with Gasteiger partial charge in [-0.25, -0.2) is 0 Å². The summed E-state index contributed by atoms with van der Waals surface area (Å²) in [4.78, 5) is 17.7. The van der Waals surface area contributed by atoms with Gasteiger partial charge in [0.2, 0.25) is 0 Å². The highest BCUT2D eigenvalue weighted by Crippen LogP contribution is 2.40. The van der Waals surface area contributed by atoms with Crippen molar-refractivity contribution in [2.75, 3.05) is 6.54 Å². The Morgan fingerprint density at radius 1 is 1.09 bits per heavy atom. The monoisotopic (exact) mass is 403 g/mol. The summed E-state index contributed by atoms with van der Waals surface area (Å²) in [5.74, 6) is 0.104. The molecule has 23 heavy (non-hydrogen) atoms. The van der Waals surface area contributed by atoms with Crippen molar-refractivity contribution in [2.24, 2.45) is 0 Å². The van der Waals surface area contributed by atoms with E-state index in [2.05, 4.69) is 44.9 Å². The molecule has 5 heteroatoms. The molecule has 0 saturated heterocycles. The molecule has 1 aliphatic rings. The van der Waals surface area contributed by atoms with Crippen LogP contribution in [0.4, 0.5) is 0 Å². The molecular weight excluding hydrogens is 390 g/mol. The van der Waals surface area contributed by atoms with Crippen molar-refractivity contribution < 1.29 is 4.79 Å². The van der Waals surface area contributed by atoms with E-state index in [0.717, 1.165) is 23.0 Å². The summed E-state index contributed by atoms with van der Waals surface area (Å²) in [6.45, 7) is 0.769. The topological polar surface area (TPSA) is 20.3 Å². The minimum atomic E-state index is 0.0427.